The molecule has 0 bridgehead atoms. The number of ether oxygens (including phenoxy) is 1. The van der Waals surface area contributed by atoms with Crippen LogP contribution < -0.4 is 0 Å². The van der Waals surface area contributed by atoms with Crippen molar-refractivity contribution in [2.75, 3.05) is 0 Å². The van der Waals surface area contributed by atoms with Crippen molar-refractivity contribution in [3.8, 4) is 0 Å². The summed E-state index contributed by atoms with van der Waals surface area (Å²) in [4.78, 5) is 0. The number of rotatable bonds is 2. The second-order valence-corrected chi connectivity index (χ2v) is 2.87. The highest BCUT2D eigenvalue weighted by atomic mass is 16.6. The second kappa shape index (κ2) is 3.84. The van der Waals surface area contributed by atoms with Crippen molar-refractivity contribution in [2.45, 2.75) is 37.0 Å². The van der Waals surface area contributed by atoms with Gasteiger partial charge in [0.25, 0.3) is 0 Å². The highest BCUT2D eigenvalue weighted by molar-refractivity contribution is 4.92. The van der Waals surface area contributed by atoms with Crippen molar-refractivity contribution in [2.24, 2.45) is 0 Å². The molecule has 7 heteroatoms. The molecular formula is C6H12O7. The largest absolute Gasteiger partial charge is 0.387 e. The second-order valence-electron chi connectivity index (χ2n) is 2.87. The van der Waals surface area contributed by atoms with Crippen LogP contribution in [-0.4, -0.2) is 67.6 Å². The molecule has 0 radical (unpaired) electrons. The first-order valence-electron chi connectivity index (χ1n) is 3.69. The summed E-state index contributed by atoms with van der Waals surface area (Å²) in [5.74, 6) is 0. The van der Waals surface area contributed by atoms with Gasteiger partial charge >= 0.3 is 0 Å². The van der Waals surface area contributed by atoms with Gasteiger partial charge in [0.05, 0.1) is 0 Å². The van der Waals surface area contributed by atoms with Gasteiger partial charge in [0.15, 0.2) is 12.6 Å². The van der Waals surface area contributed by atoms with Crippen molar-refractivity contribution in [3.05, 3.63) is 0 Å². The summed E-state index contributed by atoms with van der Waals surface area (Å²) in [5.41, 5.74) is 0. The Morgan fingerprint density at radius 3 is 1.23 bits per heavy atom. The molecule has 0 amide bonds. The fourth-order valence-electron chi connectivity index (χ4n) is 1.22. The maximum atomic E-state index is 9.13. The van der Waals surface area contributed by atoms with E-state index in [1.807, 2.05) is 0 Å². The lowest BCUT2D eigenvalue weighted by atomic mass is 10.1. The molecule has 6 N–H and O–H groups in total. The summed E-state index contributed by atoms with van der Waals surface area (Å²) in [5, 5.41) is 52.8. The number of hydrogen-bond acceptors (Lipinski definition) is 7. The third-order valence-corrected chi connectivity index (χ3v) is 1.93. The van der Waals surface area contributed by atoms with Crippen LogP contribution in [0.2, 0.25) is 0 Å². The molecule has 0 aliphatic carbocycles. The van der Waals surface area contributed by atoms with Crippen LogP contribution in [0.4, 0.5) is 0 Å². The molecule has 0 spiro atoms. The van der Waals surface area contributed by atoms with Gasteiger partial charge in [-0.25, -0.2) is 0 Å². The molecule has 0 aromatic heterocycles. The Morgan fingerprint density at radius 2 is 1.08 bits per heavy atom. The number of aliphatic hydroxyl groups excluding tert-OH is 4. The van der Waals surface area contributed by atoms with E-state index in [4.69, 9.17) is 30.6 Å². The van der Waals surface area contributed by atoms with Gasteiger partial charge in [-0.3, -0.25) is 0 Å². The van der Waals surface area contributed by atoms with E-state index in [0.29, 0.717) is 0 Å². The lowest BCUT2D eigenvalue weighted by Crippen LogP contribution is -2.40. The molecule has 1 rings (SSSR count). The van der Waals surface area contributed by atoms with Gasteiger partial charge < -0.3 is 35.4 Å². The van der Waals surface area contributed by atoms with Crippen LogP contribution in [0.3, 0.4) is 0 Å². The topological polar surface area (TPSA) is 131 Å². The molecule has 13 heavy (non-hydrogen) atoms. The molecule has 1 fully saturated rings. The van der Waals surface area contributed by atoms with E-state index >= 15 is 0 Å². The van der Waals surface area contributed by atoms with E-state index in [1.54, 1.807) is 0 Å². The van der Waals surface area contributed by atoms with Gasteiger partial charge in [0.1, 0.15) is 24.4 Å². The summed E-state index contributed by atoms with van der Waals surface area (Å²) in [6.45, 7) is 0. The summed E-state index contributed by atoms with van der Waals surface area (Å²) < 4.78 is 4.61. The Bertz CT molecular complexity index is 152. The quantitative estimate of drug-likeness (QED) is 0.249. The smallest absolute Gasteiger partial charge is 0.181 e. The van der Waals surface area contributed by atoms with Crippen LogP contribution in [0.25, 0.3) is 0 Å². The molecule has 4 unspecified atom stereocenters. The molecule has 4 atom stereocenters. The highest BCUT2D eigenvalue weighted by Crippen LogP contribution is 2.24. The average molecular weight is 196 g/mol. The summed E-state index contributed by atoms with van der Waals surface area (Å²) in [7, 11) is 0. The van der Waals surface area contributed by atoms with Crippen molar-refractivity contribution >= 4 is 0 Å². The van der Waals surface area contributed by atoms with E-state index in [2.05, 4.69) is 4.74 Å². The van der Waals surface area contributed by atoms with E-state index < -0.39 is 37.0 Å². The molecule has 0 aromatic rings. The zero-order valence-electron chi connectivity index (χ0n) is 6.56. The first kappa shape index (κ1) is 10.8. The maximum absolute atomic E-state index is 9.13. The SMILES string of the molecule is OC(O)C1OC(C(O)O)C(O)C1O. The summed E-state index contributed by atoms with van der Waals surface area (Å²) >= 11 is 0. The van der Waals surface area contributed by atoms with E-state index in [0.717, 1.165) is 0 Å². The van der Waals surface area contributed by atoms with Crippen LogP contribution >= 0.6 is 0 Å². The van der Waals surface area contributed by atoms with Gasteiger partial charge in [0.2, 0.25) is 0 Å². The Kier molecular flexibility index (Phi) is 3.19. The third kappa shape index (κ3) is 1.97. The standard InChI is InChI=1S/C6H12O7/c7-1-2(8)4(6(11)12)13-3(1)5(9)10/h1-12H. The van der Waals surface area contributed by atoms with Crippen molar-refractivity contribution in [1.82, 2.24) is 0 Å². The molecule has 1 saturated heterocycles. The molecule has 7 nitrogen and oxygen atoms in total. The van der Waals surface area contributed by atoms with Crippen molar-refractivity contribution < 1.29 is 35.4 Å². The van der Waals surface area contributed by atoms with E-state index in [9.17, 15) is 0 Å². The molecule has 1 aliphatic heterocycles. The first-order chi connectivity index (χ1) is 5.95. The lowest BCUT2D eigenvalue weighted by molar-refractivity contribution is -0.196. The van der Waals surface area contributed by atoms with Crippen molar-refractivity contribution in [3.63, 3.8) is 0 Å². The van der Waals surface area contributed by atoms with Crippen LogP contribution in [0.1, 0.15) is 0 Å². The Labute approximate surface area is 73.4 Å². The molecule has 1 aliphatic rings. The van der Waals surface area contributed by atoms with Crippen LogP contribution in [0.15, 0.2) is 0 Å². The Morgan fingerprint density at radius 1 is 0.769 bits per heavy atom. The average Bonchev–Trinajstić information content (AvgIpc) is 2.29. The van der Waals surface area contributed by atoms with Crippen LogP contribution in [0.5, 0.6) is 0 Å². The minimum atomic E-state index is -1.98. The normalized spacial score (nSPS) is 40.6. The fourth-order valence-corrected chi connectivity index (χ4v) is 1.22. The molecular weight excluding hydrogens is 184 g/mol. The van der Waals surface area contributed by atoms with E-state index in [-0.39, 0.29) is 0 Å². The zero-order chi connectivity index (χ0) is 10.2. The first-order valence-corrected chi connectivity index (χ1v) is 3.69. The van der Waals surface area contributed by atoms with Crippen LogP contribution in [-0.2, 0) is 4.74 Å². The summed E-state index contributed by atoms with van der Waals surface area (Å²) in [6.07, 6.45) is -9.91. The zero-order valence-corrected chi connectivity index (χ0v) is 6.56. The van der Waals surface area contributed by atoms with Gasteiger partial charge in [-0.1, -0.05) is 0 Å². The maximum Gasteiger partial charge on any atom is 0.181 e. The van der Waals surface area contributed by atoms with E-state index in [1.165, 1.54) is 0 Å². The van der Waals surface area contributed by atoms with Gasteiger partial charge in [-0.05, 0) is 0 Å². The molecule has 0 saturated carbocycles. The highest BCUT2D eigenvalue weighted by Gasteiger charge is 2.48. The number of hydrogen-bond donors (Lipinski definition) is 6. The molecule has 1 heterocycles. The predicted molar refractivity (Wildman–Crippen MR) is 37.1 cm³/mol. The minimum absolute atomic E-state index is 1.43. The monoisotopic (exact) mass is 196 g/mol. The molecule has 0 aromatic carbocycles. The fraction of sp³-hybridized carbons (Fsp3) is 1.00. The Hall–Kier alpha value is -0.280. The minimum Gasteiger partial charge on any atom is -0.387 e. The predicted octanol–water partition coefficient (Wildman–Crippen LogP) is -3.90. The Balaban J connectivity index is 2.66. The lowest BCUT2D eigenvalue weighted by Gasteiger charge is -2.16. The third-order valence-electron chi connectivity index (χ3n) is 1.93. The summed E-state index contributed by atoms with van der Waals surface area (Å²) in [6, 6.07) is 0. The van der Waals surface area contributed by atoms with Crippen LogP contribution in [0, 0.1) is 0 Å². The van der Waals surface area contributed by atoms with Gasteiger partial charge in [-0.2, -0.15) is 0 Å². The van der Waals surface area contributed by atoms with Crippen molar-refractivity contribution in [1.29, 1.82) is 0 Å². The van der Waals surface area contributed by atoms with Gasteiger partial charge in [-0.15, -0.1) is 0 Å². The van der Waals surface area contributed by atoms with Gasteiger partial charge in [0, 0.05) is 0 Å². The number of aliphatic hydroxyl groups is 6. The molecule has 78 valence electrons.